The van der Waals surface area contributed by atoms with E-state index < -0.39 is 6.09 Å². The molecule has 192 valence electrons. The molecule has 2 fully saturated rings. The summed E-state index contributed by atoms with van der Waals surface area (Å²) in [5.41, 5.74) is 11.2. The van der Waals surface area contributed by atoms with Crippen LogP contribution in [0.25, 0.3) is 22.2 Å². The minimum Gasteiger partial charge on any atom is -0.493 e. The second-order valence-electron chi connectivity index (χ2n) is 9.97. The minimum atomic E-state index is -0.415. The summed E-state index contributed by atoms with van der Waals surface area (Å²) in [7, 11) is 0. The number of rotatable bonds is 9. The van der Waals surface area contributed by atoms with E-state index in [4.69, 9.17) is 15.2 Å². The highest BCUT2D eigenvalue weighted by Crippen LogP contribution is 2.45. The van der Waals surface area contributed by atoms with Crippen LogP contribution in [0.5, 0.6) is 5.75 Å². The number of aromatic amines is 1. The number of amides is 1. The summed E-state index contributed by atoms with van der Waals surface area (Å²) >= 11 is 0. The number of H-pyrrole nitrogens is 1. The van der Waals surface area contributed by atoms with Gasteiger partial charge in [-0.2, -0.15) is 5.21 Å². The average molecular weight is 502 g/mol. The maximum absolute atomic E-state index is 12.3. The van der Waals surface area contributed by atoms with E-state index in [2.05, 4.69) is 36.6 Å². The highest BCUT2D eigenvalue weighted by molar-refractivity contribution is 6.01. The quantitative estimate of drug-likeness (QED) is 0.291. The molecule has 0 radical (unpaired) electrons. The van der Waals surface area contributed by atoms with Crippen LogP contribution in [0.15, 0.2) is 42.5 Å². The van der Waals surface area contributed by atoms with Crippen LogP contribution in [0.4, 0.5) is 16.2 Å². The van der Waals surface area contributed by atoms with E-state index in [1.807, 2.05) is 43.3 Å². The number of nitrogen functional groups attached to an aromatic ring is 1. The molecule has 2 aromatic heterocycles. The fourth-order valence-corrected chi connectivity index (χ4v) is 4.96. The fraction of sp³-hybridized carbons (Fsp3) is 0.407. The van der Waals surface area contributed by atoms with Crippen LogP contribution in [-0.2, 0) is 11.2 Å². The lowest BCUT2D eigenvalue weighted by Crippen LogP contribution is -2.21. The van der Waals surface area contributed by atoms with Gasteiger partial charge in [0, 0.05) is 35.2 Å². The van der Waals surface area contributed by atoms with E-state index in [1.165, 1.54) is 6.42 Å². The van der Waals surface area contributed by atoms with Crippen LogP contribution >= 0.6 is 0 Å². The Hall–Kier alpha value is -4.08. The van der Waals surface area contributed by atoms with E-state index in [9.17, 15) is 4.79 Å². The predicted octanol–water partition coefficient (Wildman–Crippen LogP) is 5.10. The van der Waals surface area contributed by atoms with Crippen molar-refractivity contribution >= 4 is 28.4 Å². The number of aromatic nitrogens is 5. The monoisotopic (exact) mass is 501 g/mol. The molecule has 2 heterocycles. The standard InChI is InChI=1S/C27H31N7O3/c1-16(17-5-6-17)37-27(35)29-19-9-7-18(8-10-19)26-25(28)22-12-11-21(36-14-13-24-30-32-33-31-24)15-23(22)34(26)20-3-2-4-20/h7-12,15-17,20H,2-6,13-14,28H2,1H3,(H,29,35)(H,30,31,32,33). The molecule has 4 aromatic rings. The Morgan fingerprint density at radius 1 is 1.19 bits per heavy atom. The SMILES string of the molecule is CC(OC(=O)Nc1ccc(-c2c(N)c3ccc(OCCc4nn[nH]n4)cc3n2C2CCC2)cc1)C1CC1. The zero-order valence-corrected chi connectivity index (χ0v) is 20.8. The van der Waals surface area contributed by atoms with E-state index in [0.29, 0.717) is 36.5 Å². The molecule has 6 rings (SSSR count). The van der Waals surface area contributed by atoms with E-state index in [1.54, 1.807) is 0 Å². The molecule has 2 aromatic carbocycles. The summed E-state index contributed by atoms with van der Waals surface area (Å²) < 4.78 is 13.8. The molecule has 2 aliphatic carbocycles. The van der Waals surface area contributed by atoms with Crippen molar-refractivity contribution in [3.63, 3.8) is 0 Å². The molecule has 10 heteroatoms. The van der Waals surface area contributed by atoms with Crippen LogP contribution in [0.1, 0.15) is 50.9 Å². The lowest BCUT2D eigenvalue weighted by molar-refractivity contribution is 0.108. The van der Waals surface area contributed by atoms with E-state index >= 15 is 0 Å². The molecule has 4 N–H and O–H groups in total. The van der Waals surface area contributed by atoms with Gasteiger partial charge in [-0.15, -0.1) is 10.2 Å². The van der Waals surface area contributed by atoms with Crippen molar-refractivity contribution in [2.75, 3.05) is 17.7 Å². The summed E-state index contributed by atoms with van der Waals surface area (Å²) in [6.07, 6.45) is 5.80. The van der Waals surface area contributed by atoms with Crippen LogP contribution in [0, 0.1) is 5.92 Å². The Kier molecular flexibility index (Phi) is 6.15. The summed E-state index contributed by atoms with van der Waals surface area (Å²) in [4.78, 5) is 12.3. The molecule has 0 saturated heterocycles. The molecule has 1 atom stereocenters. The molecule has 37 heavy (non-hydrogen) atoms. The number of nitrogens with one attached hydrogen (secondary N) is 2. The van der Waals surface area contributed by atoms with Gasteiger partial charge in [0.05, 0.1) is 23.5 Å². The molecule has 10 nitrogen and oxygen atoms in total. The zero-order valence-electron chi connectivity index (χ0n) is 20.8. The molecule has 1 amide bonds. The van der Waals surface area contributed by atoms with Gasteiger partial charge in [0.1, 0.15) is 11.9 Å². The van der Waals surface area contributed by atoms with Crippen molar-refractivity contribution in [2.45, 2.75) is 57.6 Å². The van der Waals surface area contributed by atoms with Crippen LogP contribution < -0.4 is 15.8 Å². The van der Waals surface area contributed by atoms with Crippen molar-refractivity contribution in [1.29, 1.82) is 0 Å². The summed E-state index contributed by atoms with van der Waals surface area (Å²) in [6, 6.07) is 14.2. The van der Waals surface area contributed by atoms with Gasteiger partial charge in [0.2, 0.25) is 0 Å². The Bertz CT molecular complexity index is 1390. The van der Waals surface area contributed by atoms with Gasteiger partial charge in [-0.05, 0) is 69.2 Å². The number of nitrogens with two attached hydrogens (primary N) is 1. The molecule has 2 aliphatic rings. The lowest BCUT2D eigenvalue weighted by atomic mass is 9.92. The Labute approximate surface area is 214 Å². The third-order valence-electron chi connectivity index (χ3n) is 7.42. The van der Waals surface area contributed by atoms with Crippen molar-refractivity contribution < 1.29 is 14.3 Å². The first kappa shape index (κ1) is 23.3. The maximum atomic E-state index is 12.3. The number of hydrogen-bond acceptors (Lipinski definition) is 7. The Balaban J connectivity index is 1.24. The number of ether oxygens (including phenoxy) is 2. The molecule has 2 saturated carbocycles. The van der Waals surface area contributed by atoms with Gasteiger partial charge in [-0.3, -0.25) is 5.32 Å². The third-order valence-corrected chi connectivity index (χ3v) is 7.42. The van der Waals surface area contributed by atoms with Gasteiger partial charge in [-0.1, -0.05) is 17.3 Å². The fourth-order valence-electron chi connectivity index (χ4n) is 4.96. The first-order valence-electron chi connectivity index (χ1n) is 12.9. The largest absolute Gasteiger partial charge is 0.493 e. The number of anilines is 2. The number of tetrazole rings is 1. The van der Waals surface area contributed by atoms with E-state index in [0.717, 1.165) is 59.3 Å². The van der Waals surface area contributed by atoms with Gasteiger partial charge in [-0.25, -0.2) is 4.79 Å². The number of nitrogens with zero attached hydrogens (tertiary/aromatic N) is 4. The summed E-state index contributed by atoms with van der Waals surface area (Å²) in [5, 5.41) is 17.8. The zero-order chi connectivity index (χ0) is 25.4. The smallest absolute Gasteiger partial charge is 0.411 e. The van der Waals surface area contributed by atoms with Crippen LogP contribution in [-0.4, -0.2) is 44.0 Å². The van der Waals surface area contributed by atoms with Crippen molar-refractivity contribution in [3.8, 4) is 17.0 Å². The van der Waals surface area contributed by atoms with Crippen molar-refractivity contribution in [1.82, 2.24) is 25.2 Å². The first-order valence-corrected chi connectivity index (χ1v) is 12.9. The lowest BCUT2D eigenvalue weighted by Gasteiger charge is -2.30. The predicted molar refractivity (Wildman–Crippen MR) is 140 cm³/mol. The number of fused-ring (bicyclic) bond motifs is 1. The molecular formula is C27H31N7O3. The highest BCUT2D eigenvalue weighted by Gasteiger charge is 2.31. The molecule has 1 unspecified atom stereocenters. The Morgan fingerprint density at radius 3 is 2.68 bits per heavy atom. The van der Waals surface area contributed by atoms with Crippen molar-refractivity contribution in [2.24, 2.45) is 5.92 Å². The van der Waals surface area contributed by atoms with Crippen molar-refractivity contribution in [3.05, 3.63) is 48.3 Å². The van der Waals surface area contributed by atoms with Crippen LogP contribution in [0.3, 0.4) is 0 Å². The number of carbonyl (C=O) groups excluding carboxylic acids is 1. The van der Waals surface area contributed by atoms with E-state index in [-0.39, 0.29) is 6.10 Å². The van der Waals surface area contributed by atoms with Gasteiger partial charge in [0.15, 0.2) is 5.82 Å². The topological polar surface area (TPSA) is 133 Å². The molecule has 0 aliphatic heterocycles. The normalized spacial score (nSPS) is 16.4. The third kappa shape index (κ3) is 4.83. The summed E-state index contributed by atoms with van der Waals surface area (Å²) in [5.74, 6) is 1.90. The number of hydrogen-bond donors (Lipinski definition) is 3. The molecule has 0 bridgehead atoms. The number of benzene rings is 2. The minimum absolute atomic E-state index is 0.0508. The first-order chi connectivity index (χ1) is 18.1. The Morgan fingerprint density at radius 2 is 2.00 bits per heavy atom. The maximum Gasteiger partial charge on any atom is 0.411 e. The molecular weight excluding hydrogens is 470 g/mol. The number of carbonyl (C=O) groups is 1. The van der Waals surface area contributed by atoms with Gasteiger partial charge >= 0.3 is 6.09 Å². The average Bonchev–Trinajstić information content (AvgIpc) is 3.52. The van der Waals surface area contributed by atoms with Gasteiger partial charge in [0.25, 0.3) is 0 Å². The summed E-state index contributed by atoms with van der Waals surface area (Å²) in [6.45, 7) is 2.40. The van der Waals surface area contributed by atoms with Gasteiger partial charge < -0.3 is 19.8 Å². The second-order valence-corrected chi connectivity index (χ2v) is 9.97. The van der Waals surface area contributed by atoms with Crippen LogP contribution in [0.2, 0.25) is 0 Å². The second kappa shape index (κ2) is 9.76. The molecule has 0 spiro atoms. The highest BCUT2D eigenvalue weighted by atomic mass is 16.6.